The summed E-state index contributed by atoms with van der Waals surface area (Å²) in [5.74, 6) is -3.21. The molecule has 18 atom stereocenters. The van der Waals surface area contributed by atoms with Crippen LogP contribution >= 0.6 is 0 Å². The fourth-order valence-corrected chi connectivity index (χ4v) is 9.05. The number of hydrogen-bond donors (Lipinski definition) is 3. The minimum atomic E-state index is -1.85. The van der Waals surface area contributed by atoms with Crippen LogP contribution in [0, 0.1) is 29.6 Å². The Labute approximate surface area is 324 Å². The molecule has 3 rings (SSSR count). The molecule has 3 fully saturated rings. The first-order chi connectivity index (χ1) is 25.0. The van der Waals surface area contributed by atoms with Gasteiger partial charge in [0, 0.05) is 50.4 Å². The lowest BCUT2D eigenvalue weighted by Crippen LogP contribution is -2.61. The normalized spacial score (nSPS) is 48.3. The van der Waals surface area contributed by atoms with Crippen LogP contribution in [0.2, 0.25) is 0 Å². The molecule has 0 bridgehead atoms. The van der Waals surface area contributed by atoms with Gasteiger partial charge in [0.1, 0.15) is 24.9 Å². The predicted molar refractivity (Wildman–Crippen MR) is 204 cm³/mol. The molecule has 14 nitrogen and oxygen atoms in total. The van der Waals surface area contributed by atoms with Crippen molar-refractivity contribution in [3.8, 4) is 0 Å². The number of carbonyl (C=O) groups is 1. The van der Waals surface area contributed by atoms with Gasteiger partial charge in [0.15, 0.2) is 12.6 Å². The van der Waals surface area contributed by atoms with E-state index in [1.165, 1.54) is 14.0 Å². The third-order valence-electron chi connectivity index (χ3n) is 13.1. The maximum Gasteiger partial charge on any atom is 0.311 e. The van der Waals surface area contributed by atoms with Gasteiger partial charge in [-0.05, 0) is 74.9 Å². The fourth-order valence-electron chi connectivity index (χ4n) is 9.05. The van der Waals surface area contributed by atoms with Gasteiger partial charge in [0.25, 0.3) is 0 Å². The number of aliphatic hydroxyl groups excluding tert-OH is 2. The van der Waals surface area contributed by atoms with Gasteiger partial charge in [-0.25, -0.2) is 0 Å². The maximum absolute atomic E-state index is 14.3. The van der Waals surface area contributed by atoms with Crippen LogP contribution in [-0.4, -0.2) is 145 Å². The first-order valence-electron chi connectivity index (χ1n) is 19.8. The molecule has 3 saturated heterocycles. The number of hydrogen-bond acceptors (Lipinski definition) is 14. The third kappa shape index (κ3) is 9.97. The van der Waals surface area contributed by atoms with E-state index in [1.54, 1.807) is 35.0 Å². The molecule has 0 aromatic rings. The molecule has 3 aliphatic heterocycles. The van der Waals surface area contributed by atoms with Crippen molar-refractivity contribution in [3.63, 3.8) is 0 Å². The van der Waals surface area contributed by atoms with Gasteiger partial charge in [-0.3, -0.25) is 4.79 Å². The Morgan fingerprint density at radius 2 is 1.50 bits per heavy atom. The van der Waals surface area contributed by atoms with E-state index in [4.69, 9.17) is 38.0 Å². The molecule has 10 unspecified atom stereocenters. The summed E-state index contributed by atoms with van der Waals surface area (Å²) in [5, 5.41) is 39.7. The second-order valence-electron chi connectivity index (χ2n) is 17.3. The highest BCUT2D eigenvalue weighted by molar-refractivity contribution is 5.88. The van der Waals surface area contributed by atoms with Crippen LogP contribution in [0.3, 0.4) is 0 Å². The van der Waals surface area contributed by atoms with Crippen molar-refractivity contribution in [2.24, 2.45) is 34.7 Å². The lowest BCUT2D eigenvalue weighted by molar-refractivity contribution is -0.315. The molecule has 3 heterocycles. The molecule has 0 saturated carbocycles. The third-order valence-corrected chi connectivity index (χ3v) is 13.1. The van der Waals surface area contributed by atoms with Gasteiger partial charge < -0.3 is 58.2 Å². The molecule has 3 aliphatic rings. The number of likely N-dealkylation sites (N-methyl/N-ethyl adjacent to an activating group) is 1. The summed E-state index contributed by atoms with van der Waals surface area (Å²) in [6.45, 7) is 20.6. The van der Waals surface area contributed by atoms with E-state index < -0.39 is 83.6 Å². The molecule has 0 spiro atoms. The number of aliphatic hydroxyl groups is 3. The number of oxime groups is 1. The number of rotatable bonds is 9. The zero-order valence-electron chi connectivity index (χ0n) is 35.9. The fraction of sp³-hybridized carbons (Fsp3) is 0.950. The molecule has 316 valence electrons. The zero-order chi connectivity index (χ0) is 41.1. The van der Waals surface area contributed by atoms with Crippen molar-refractivity contribution >= 4 is 11.7 Å². The van der Waals surface area contributed by atoms with E-state index in [1.807, 2.05) is 60.5 Å². The van der Waals surface area contributed by atoms with Crippen LogP contribution in [0.1, 0.15) is 102 Å². The Kier molecular flexibility index (Phi) is 16.4. The number of esters is 1. The van der Waals surface area contributed by atoms with Crippen molar-refractivity contribution in [1.29, 1.82) is 0 Å². The lowest BCUT2D eigenvalue weighted by atomic mass is 9.73. The van der Waals surface area contributed by atoms with Crippen LogP contribution < -0.4 is 0 Å². The highest BCUT2D eigenvalue weighted by Crippen LogP contribution is 2.43. The molecular weight excluding hydrogens is 700 g/mol. The van der Waals surface area contributed by atoms with Crippen LogP contribution in [0.4, 0.5) is 0 Å². The lowest BCUT2D eigenvalue weighted by Gasteiger charge is -2.50. The van der Waals surface area contributed by atoms with Crippen molar-refractivity contribution in [3.05, 3.63) is 0 Å². The summed E-state index contributed by atoms with van der Waals surface area (Å²) in [7, 11) is 8.53. The van der Waals surface area contributed by atoms with E-state index in [9.17, 15) is 20.1 Å². The molecule has 3 N–H and O–H groups in total. The molecule has 14 heteroatoms. The summed E-state index contributed by atoms with van der Waals surface area (Å²) in [6, 6.07) is -0.242. The highest BCUT2D eigenvalue weighted by atomic mass is 16.7. The molecule has 0 amide bonds. The molecule has 0 aromatic heterocycles. The maximum atomic E-state index is 14.3. The number of methoxy groups -OCH3 is 2. The van der Waals surface area contributed by atoms with E-state index in [0.717, 1.165) is 0 Å². The van der Waals surface area contributed by atoms with Crippen LogP contribution in [-0.2, 0) is 42.8 Å². The van der Waals surface area contributed by atoms with Crippen LogP contribution in [0.5, 0.6) is 0 Å². The monoisotopic (exact) mass is 775 g/mol. The smallest absolute Gasteiger partial charge is 0.311 e. The SMILES string of the molecule is CC[C@H]1OC(=O)[C@H](C)C(OC2CC(C)(OC)[C@@H](C)[C@H](C)O2)[C@H](C)C(OC2O[C@H](C)CC(N(C)C)C2O)C(C)(OC)C[C@@H](C)C(=NOC)[C@H](C)C(O)C1(C)O. The van der Waals surface area contributed by atoms with Gasteiger partial charge in [-0.2, -0.15) is 0 Å². The first kappa shape index (κ1) is 46.9. The van der Waals surface area contributed by atoms with Crippen molar-refractivity contribution in [2.45, 2.75) is 180 Å². The molecule has 54 heavy (non-hydrogen) atoms. The van der Waals surface area contributed by atoms with E-state index in [-0.39, 0.29) is 36.5 Å². The van der Waals surface area contributed by atoms with Crippen LogP contribution in [0.25, 0.3) is 0 Å². The van der Waals surface area contributed by atoms with E-state index in [0.29, 0.717) is 25.0 Å². The number of nitrogens with zero attached hydrogens (tertiary/aromatic N) is 2. The Balaban J connectivity index is 2.27. The topological polar surface area (TPSA) is 167 Å². The summed E-state index contributed by atoms with van der Waals surface area (Å²) < 4.78 is 45.2. The average Bonchev–Trinajstić information content (AvgIpc) is 3.11. The van der Waals surface area contributed by atoms with Crippen molar-refractivity contribution in [1.82, 2.24) is 4.90 Å². The van der Waals surface area contributed by atoms with E-state index in [2.05, 4.69) is 12.1 Å². The summed E-state index contributed by atoms with van der Waals surface area (Å²) in [5.41, 5.74) is -3.08. The number of ether oxygens (including phenoxy) is 7. The summed E-state index contributed by atoms with van der Waals surface area (Å²) in [6.07, 6.45) is -5.95. The zero-order valence-corrected chi connectivity index (χ0v) is 35.9. The van der Waals surface area contributed by atoms with Crippen LogP contribution in [0.15, 0.2) is 5.16 Å². The average molecular weight is 775 g/mol. The largest absolute Gasteiger partial charge is 0.459 e. The second kappa shape index (κ2) is 18.9. The van der Waals surface area contributed by atoms with Gasteiger partial charge in [0.05, 0.1) is 53.4 Å². The summed E-state index contributed by atoms with van der Waals surface area (Å²) in [4.78, 5) is 21.6. The number of cyclic esters (lactones) is 1. The van der Waals surface area contributed by atoms with E-state index >= 15 is 0 Å². The highest BCUT2D eigenvalue weighted by Gasteiger charge is 2.53. The summed E-state index contributed by atoms with van der Waals surface area (Å²) >= 11 is 0. The molecule has 0 radical (unpaired) electrons. The quantitative estimate of drug-likeness (QED) is 0.226. The Morgan fingerprint density at radius 3 is 2.04 bits per heavy atom. The van der Waals surface area contributed by atoms with Gasteiger partial charge in [-0.15, -0.1) is 0 Å². The Hall–Kier alpha value is -1.46. The van der Waals surface area contributed by atoms with Gasteiger partial charge in [0.2, 0.25) is 0 Å². The first-order valence-corrected chi connectivity index (χ1v) is 19.8. The predicted octanol–water partition coefficient (Wildman–Crippen LogP) is 4.15. The van der Waals surface area contributed by atoms with Gasteiger partial charge >= 0.3 is 5.97 Å². The van der Waals surface area contributed by atoms with Gasteiger partial charge in [-0.1, -0.05) is 39.8 Å². The Bertz CT molecular complexity index is 1240. The van der Waals surface area contributed by atoms with Crippen molar-refractivity contribution in [2.75, 3.05) is 35.4 Å². The number of carbonyl (C=O) groups excluding carboxylic acids is 1. The standard InChI is InChI=1S/C40H74N2O12/c1-17-29-40(11,46)34(44)23(4)31(41-49-16)21(2)19-39(10,48-15)35(54-37-32(43)28(42(12)13)18-22(3)50-37)24(5)33(25(6)36(45)52-29)53-30-20-38(9,47-14)26(7)27(8)51-30/h21-30,32-35,37,43-44,46H,17-20H2,1-16H3/t21-,22-,23+,24+,25-,26+,27+,28?,29-,30?,32?,33?,34?,35?,37?,38?,39?,40?/m1/s1. The van der Waals surface area contributed by atoms with Crippen molar-refractivity contribution < 1.29 is 58.1 Å². The molecular formula is C40H74N2O12. The minimum Gasteiger partial charge on any atom is -0.459 e. The molecule has 0 aliphatic carbocycles. The second-order valence-corrected chi connectivity index (χ2v) is 17.3. The minimum absolute atomic E-state index is 0.0569. The molecule has 0 aromatic carbocycles. The Morgan fingerprint density at radius 1 is 0.889 bits per heavy atom.